The summed E-state index contributed by atoms with van der Waals surface area (Å²) in [5.41, 5.74) is 3.27. The Morgan fingerprint density at radius 2 is 1.76 bits per heavy atom. The molecular weight excluding hydrogens is 398 g/mol. The summed E-state index contributed by atoms with van der Waals surface area (Å²) in [5, 5.41) is 3.98. The van der Waals surface area contributed by atoms with Gasteiger partial charge in [-0.15, -0.1) is 0 Å². The first-order valence-electron chi connectivity index (χ1n) is 8.81. The first kappa shape index (κ1) is 20.3. The topological polar surface area (TPSA) is 105 Å². The average molecular weight is 416 g/mol. The van der Waals surface area contributed by atoms with E-state index in [1.54, 1.807) is 54.6 Å². The van der Waals surface area contributed by atoms with Gasteiger partial charge in [0.1, 0.15) is 0 Å². The maximum absolute atomic E-state index is 12.2. The molecule has 1 aliphatic rings. The normalized spacial score (nSPS) is 15.7. The summed E-state index contributed by atoms with van der Waals surface area (Å²) in [5.74, 6) is -2.87. The fraction of sp³-hybridized carbons (Fsp3) is 0.200. The third-order valence-electron chi connectivity index (χ3n) is 4.22. The van der Waals surface area contributed by atoms with E-state index in [0.717, 1.165) is 5.01 Å². The van der Waals surface area contributed by atoms with Crippen LogP contribution < -0.4 is 10.7 Å². The lowest BCUT2D eigenvalue weighted by Gasteiger charge is -2.17. The van der Waals surface area contributed by atoms with E-state index in [-0.39, 0.29) is 13.0 Å². The predicted molar refractivity (Wildman–Crippen MR) is 105 cm³/mol. The number of hydrogen-bond acceptors (Lipinski definition) is 5. The molecule has 29 heavy (non-hydrogen) atoms. The molecule has 0 saturated carbocycles. The smallest absolute Gasteiger partial charge is 0.311 e. The van der Waals surface area contributed by atoms with Crippen LogP contribution in [0.15, 0.2) is 54.6 Å². The highest BCUT2D eigenvalue weighted by Crippen LogP contribution is 2.21. The van der Waals surface area contributed by atoms with Crippen molar-refractivity contribution < 1.29 is 23.9 Å². The molecule has 2 aromatic carbocycles. The third kappa shape index (κ3) is 5.32. The van der Waals surface area contributed by atoms with Crippen molar-refractivity contribution >= 4 is 41.0 Å². The lowest BCUT2D eigenvalue weighted by molar-refractivity contribution is -0.151. The number of rotatable bonds is 6. The number of carbonyl (C=O) groups excluding carboxylic acids is 4. The van der Waals surface area contributed by atoms with Crippen LogP contribution in [0.4, 0.5) is 5.69 Å². The zero-order valence-corrected chi connectivity index (χ0v) is 16.0. The minimum atomic E-state index is -0.772. The Balaban J connectivity index is 1.48. The number of halogens is 1. The Labute approximate surface area is 171 Å². The van der Waals surface area contributed by atoms with E-state index in [2.05, 4.69) is 10.7 Å². The van der Waals surface area contributed by atoms with Crippen LogP contribution in [0.1, 0.15) is 16.8 Å². The lowest BCUT2D eigenvalue weighted by atomic mass is 10.1. The van der Waals surface area contributed by atoms with E-state index in [1.165, 1.54) is 0 Å². The number of anilines is 1. The van der Waals surface area contributed by atoms with E-state index < -0.39 is 36.2 Å². The summed E-state index contributed by atoms with van der Waals surface area (Å²) in [7, 11) is 0. The monoisotopic (exact) mass is 415 g/mol. The first-order chi connectivity index (χ1) is 13.9. The molecule has 1 aliphatic heterocycles. The Morgan fingerprint density at radius 3 is 2.48 bits per heavy atom. The number of esters is 1. The number of carbonyl (C=O) groups is 4. The van der Waals surface area contributed by atoms with Crippen molar-refractivity contribution in [3.63, 3.8) is 0 Å². The SMILES string of the molecule is O=C(COC(=O)[C@@H]1CC(=O)N(NC(=O)c2ccccc2)C1)Nc1ccccc1Cl. The van der Waals surface area contributed by atoms with Crippen molar-refractivity contribution in [2.24, 2.45) is 5.92 Å². The highest BCUT2D eigenvalue weighted by Gasteiger charge is 2.36. The van der Waals surface area contributed by atoms with Crippen molar-refractivity contribution in [3.8, 4) is 0 Å². The Morgan fingerprint density at radius 1 is 1.07 bits per heavy atom. The van der Waals surface area contributed by atoms with Crippen molar-refractivity contribution in [2.75, 3.05) is 18.5 Å². The van der Waals surface area contributed by atoms with E-state index in [0.29, 0.717) is 16.3 Å². The maximum atomic E-state index is 12.2. The molecule has 1 atom stereocenters. The number of ether oxygens (including phenoxy) is 1. The zero-order chi connectivity index (χ0) is 20.8. The van der Waals surface area contributed by atoms with Crippen LogP contribution in [0.5, 0.6) is 0 Å². The van der Waals surface area contributed by atoms with Gasteiger partial charge >= 0.3 is 5.97 Å². The molecule has 1 saturated heterocycles. The molecule has 9 heteroatoms. The number of hydrogen-bond donors (Lipinski definition) is 2. The van der Waals surface area contributed by atoms with Crippen molar-refractivity contribution in [1.29, 1.82) is 0 Å². The molecule has 0 spiro atoms. The van der Waals surface area contributed by atoms with E-state index in [4.69, 9.17) is 16.3 Å². The molecule has 0 unspecified atom stereocenters. The molecule has 3 amide bonds. The van der Waals surface area contributed by atoms with Crippen molar-refractivity contribution in [3.05, 3.63) is 65.2 Å². The summed E-state index contributed by atoms with van der Waals surface area (Å²) >= 11 is 5.95. The van der Waals surface area contributed by atoms with Gasteiger partial charge in [-0.2, -0.15) is 0 Å². The van der Waals surface area contributed by atoms with Gasteiger partial charge in [-0.1, -0.05) is 41.9 Å². The molecule has 8 nitrogen and oxygen atoms in total. The number of amides is 3. The van der Waals surface area contributed by atoms with Crippen molar-refractivity contribution in [2.45, 2.75) is 6.42 Å². The van der Waals surface area contributed by atoms with Crippen LogP contribution in [0, 0.1) is 5.92 Å². The second kappa shape index (κ2) is 9.20. The molecule has 0 radical (unpaired) electrons. The van der Waals surface area contributed by atoms with Crippen LogP contribution in [0.2, 0.25) is 5.02 Å². The van der Waals surface area contributed by atoms with Crippen LogP contribution >= 0.6 is 11.6 Å². The largest absolute Gasteiger partial charge is 0.455 e. The highest BCUT2D eigenvalue weighted by atomic mass is 35.5. The lowest BCUT2D eigenvalue weighted by Crippen LogP contribution is -2.43. The van der Waals surface area contributed by atoms with Crippen LogP contribution in [-0.4, -0.2) is 41.9 Å². The molecule has 1 fully saturated rings. The first-order valence-corrected chi connectivity index (χ1v) is 9.19. The second-order valence-electron chi connectivity index (χ2n) is 6.35. The summed E-state index contributed by atoms with van der Waals surface area (Å²) in [6.45, 7) is -0.534. The molecule has 2 N–H and O–H groups in total. The van der Waals surface area contributed by atoms with Gasteiger partial charge in [0.05, 0.1) is 23.2 Å². The van der Waals surface area contributed by atoms with Gasteiger partial charge in [-0.05, 0) is 24.3 Å². The summed E-state index contributed by atoms with van der Waals surface area (Å²) in [4.78, 5) is 48.4. The van der Waals surface area contributed by atoms with Crippen LogP contribution in [-0.2, 0) is 19.1 Å². The van der Waals surface area contributed by atoms with Crippen LogP contribution in [0.25, 0.3) is 0 Å². The molecule has 1 heterocycles. The molecule has 0 aromatic heterocycles. The molecular formula is C20H18ClN3O5. The molecule has 2 aromatic rings. The number of nitrogens with zero attached hydrogens (tertiary/aromatic N) is 1. The standard InChI is InChI=1S/C20H18ClN3O5/c21-15-8-4-5-9-16(15)22-17(25)12-29-20(28)14-10-18(26)24(11-14)23-19(27)13-6-2-1-3-7-13/h1-9,14H,10-12H2,(H,22,25)(H,23,27)/t14-/m1/s1. The van der Waals surface area contributed by atoms with Gasteiger partial charge in [0.25, 0.3) is 11.8 Å². The van der Waals surface area contributed by atoms with Gasteiger partial charge in [0, 0.05) is 12.0 Å². The fourth-order valence-electron chi connectivity index (χ4n) is 2.75. The van der Waals surface area contributed by atoms with Gasteiger partial charge in [0.2, 0.25) is 5.91 Å². The summed E-state index contributed by atoms with van der Waals surface area (Å²) < 4.78 is 5.00. The number of benzene rings is 2. The Hall–Kier alpha value is -3.39. The molecule has 150 valence electrons. The number of para-hydroxylation sites is 1. The highest BCUT2D eigenvalue weighted by molar-refractivity contribution is 6.33. The summed E-state index contributed by atoms with van der Waals surface area (Å²) in [6, 6.07) is 15.1. The predicted octanol–water partition coefficient (Wildman–Crippen LogP) is 2.02. The zero-order valence-electron chi connectivity index (χ0n) is 15.3. The van der Waals surface area contributed by atoms with E-state index in [9.17, 15) is 19.2 Å². The quantitative estimate of drug-likeness (QED) is 0.702. The fourth-order valence-corrected chi connectivity index (χ4v) is 2.94. The van der Waals surface area contributed by atoms with E-state index >= 15 is 0 Å². The maximum Gasteiger partial charge on any atom is 0.311 e. The van der Waals surface area contributed by atoms with Crippen LogP contribution in [0.3, 0.4) is 0 Å². The Kier molecular flexibility index (Phi) is 6.46. The van der Waals surface area contributed by atoms with Crippen molar-refractivity contribution in [1.82, 2.24) is 10.4 Å². The average Bonchev–Trinajstić information content (AvgIpc) is 3.09. The molecule has 0 bridgehead atoms. The van der Waals surface area contributed by atoms with Gasteiger partial charge in [-0.25, -0.2) is 0 Å². The minimum absolute atomic E-state index is 0.0254. The molecule has 3 rings (SSSR count). The van der Waals surface area contributed by atoms with Gasteiger partial charge in [0.15, 0.2) is 6.61 Å². The van der Waals surface area contributed by atoms with Gasteiger partial charge in [-0.3, -0.25) is 29.6 Å². The van der Waals surface area contributed by atoms with Gasteiger partial charge < -0.3 is 10.1 Å². The number of nitrogens with one attached hydrogen (secondary N) is 2. The number of hydrazine groups is 1. The minimum Gasteiger partial charge on any atom is -0.455 e. The van der Waals surface area contributed by atoms with E-state index in [1.807, 2.05) is 0 Å². The Bertz CT molecular complexity index is 935. The second-order valence-corrected chi connectivity index (χ2v) is 6.76. The third-order valence-corrected chi connectivity index (χ3v) is 4.55. The summed E-state index contributed by atoms with van der Waals surface area (Å²) in [6.07, 6.45) is -0.111. The molecule has 0 aliphatic carbocycles.